The highest BCUT2D eigenvalue weighted by Gasteiger charge is 2.14. The van der Waals surface area contributed by atoms with Crippen LogP contribution in [0, 0.1) is 11.6 Å². The second kappa shape index (κ2) is 4.51. The Hall–Kier alpha value is -0.960. The van der Waals surface area contributed by atoms with Crippen molar-refractivity contribution in [2.24, 2.45) is 5.73 Å². The summed E-state index contributed by atoms with van der Waals surface area (Å²) in [6.07, 6.45) is 0.820. The minimum absolute atomic E-state index is 0.0140. The maximum absolute atomic E-state index is 12.9. The molecule has 0 aliphatic rings. The van der Waals surface area contributed by atoms with Gasteiger partial charge in [0.25, 0.3) is 0 Å². The summed E-state index contributed by atoms with van der Waals surface area (Å²) in [6, 6.07) is 3.93. The van der Waals surface area contributed by atoms with E-state index in [2.05, 4.69) is 0 Å². The molecule has 1 aromatic rings. The molecule has 0 aliphatic heterocycles. The number of rotatable bonds is 3. The van der Waals surface area contributed by atoms with Gasteiger partial charge in [-0.3, -0.25) is 0 Å². The first kappa shape index (κ1) is 11.1. The fraction of sp³-hybridized carbons (Fsp3) is 0.455. The summed E-state index contributed by atoms with van der Waals surface area (Å²) in [5.41, 5.74) is 6.57. The third-order valence-corrected chi connectivity index (χ3v) is 2.58. The van der Waals surface area contributed by atoms with E-state index in [0.717, 1.165) is 18.1 Å². The van der Waals surface area contributed by atoms with Crippen molar-refractivity contribution in [3.05, 3.63) is 35.4 Å². The van der Waals surface area contributed by atoms with Gasteiger partial charge in [-0.15, -0.1) is 0 Å². The topological polar surface area (TPSA) is 26.0 Å². The third-order valence-electron chi connectivity index (χ3n) is 2.58. The van der Waals surface area contributed by atoms with Crippen LogP contribution in [0.25, 0.3) is 0 Å². The second-order valence-electron chi connectivity index (χ2n) is 3.53. The van der Waals surface area contributed by atoms with Crippen LogP contribution >= 0.6 is 0 Å². The summed E-state index contributed by atoms with van der Waals surface area (Å²) >= 11 is 0. The van der Waals surface area contributed by atoms with Crippen LogP contribution in [-0.4, -0.2) is 6.04 Å². The Kier molecular flexibility index (Phi) is 3.58. The largest absolute Gasteiger partial charge is 0.327 e. The quantitative estimate of drug-likeness (QED) is 0.795. The number of hydrogen-bond donors (Lipinski definition) is 1. The molecule has 1 nitrogen and oxygen atoms in total. The number of hydrogen-bond acceptors (Lipinski definition) is 1. The predicted molar refractivity (Wildman–Crippen MR) is 53.0 cm³/mol. The van der Waals surface area contributed by atoms with Gasteiger partial charge in [0, 0.05) is 6.04 Å². The van der Waals surface area contributed by atoms with Crippen LogP contribution in [0.5, 0.6) is 0 Å². The highest BCUT2D eigenvalue weighted by atomic mass is 19.2. The first-order valence-electron chi connectivity index (χ1n) is 4.76. The van der Waals surface area contributed by atoms with Crippen molar-refractivity contribution in [3.63, 3.8) is 0 Å². The van der Waals surface area contributed by atoms with Gasteiger partial charge in [-0.2, -0.15) is 0 Å². The second-order valence-corrected chi connectivity index (χ2v) is 3.53. The van der Waals surface area contributed by atoms with Gasteiger partial charge in [-0.1, -0.05) is 19.9 Å². The lowest BCUT2D eigenvalue weighted by atomic mass is 9.92. The minimum Gasteiger partial charge on any atom is -0.327 e. The zero-order valence-corrected chi connectivity index (χ0v) is 8.43. The van der Waals surface area contributed by atoms with Gasteiger partial charge in [-0.05, 0) is 30.0 Å². The molecule has 0 aromatic heterocycles. The molecule has 1 rings (SSSR count). The smallest absolute Gasteiger partial charge is 0.159 e. The van der Waals surface area contributed by atoms with Crippen molar-refractivity contribution in [2.45, 2.75) is 32.2 Å². The first-order valence-corrected chi connectivity index (χ1v) is 4.76. The van der Waals surface area contributed by atoms with Crippen LogP contribution in [0.1, 0.15) is 31.7 Å². The number of nitrogens with two attached hydrogens (primary N) is 1. The molecule has 78 valence electrons. The molecule has 2 unspecified atom stereocenters. The molecule has 0 aliphatic carbocycles. The van der Waals surface area contributed by atoms with Crippen molar-refractivity contribution in [1.82, 2.24) is 0 Å². The van der Waals surface area contributed by atoms with E-state index in [1.54, 1.807) is 6.07 Å². The van der Waals surface area contributed by atoms with Crippen molar-refractivity contribution in [1.29, 1.82) is 0 Å². The highest BCUT2D eigenvalue weighted by molar-refractivity contribution is 5.22. The maximum atomic E-state index is 12.9. The molecule has 2 atom stereocenters. The molecule has 0 heterocycles. The summed E-state index contributed by atoms with van der Waals surface area (Å²) in [5, 5.41) is 0. The molecule has 0 fully saturated rings. The van der Waals surface area contributed by atoms with Crippen LogP contribution < -0.4 is 5.73 Å². The molecule has 3 heteroatoms. The average Bonchev–Trinajstić information content (AvgIpc) is 2.20. The lowest BCUT2D eigenvalue weighted by molar-refractivity contribution is 0.499. The SMILES string of the molecule is CCC(N)C(C)c1ccc(F)c(F)c1. The van der Waals surface area contributed by atoms with E-state index in [1.807, 2.05) is 13.8 Å². The molecular weight excluding hydrogens is 184 g/mol. The zero-order chi connectivity index (χ0) is 10.7. The average molecular weight is 199 g/mol. The van der Waals surface area contributed by atoms with E-state index in [9.17, 15) is 8.78 Å². The van der Waals surface area contributed by atoms with Crippen LogP contribution in [0.4, 0.5) is 8.78 Å². The van der Waals surface area contributed by atoms with Gasteiger partial charge in [0.2, 0.25) is 0 Å². The standard InChI is InChI=1S/C11H15F2N/c1-3-11(14)7(2)8-4-5-9(12)10(13)6-8/h4-7,11H,3,14H2,1-2H3. The van der Waals surface area contributed by atoms with Crippen molar-refractivity contribution in [2.75, 3.05) is 0 Å². The molecule has 0 spiro atoms. The van der Waals surface area contributed by atoms with E-state index < -0.39 is 11.6 Å². The summed E-state index contributed by atoms with van der Waals surface area (Å²) in [6.45, 7) is 3.89. The third kappa shape index (κ3) is 2.29. The zero-order valence-electron chi connectivity index (χ0n) is 8.43. The Morgan fingerprint density at radius 3 is 2.43 bits per heavy atom. The molecule has 2 N–H and O–H groups in total. The Bertz CT molecular complexity index is 312. The van der Waals surface area contributed by atoms with E-state index in [1.165, 1.54) is 6.07 Å². The lowest BCUT2D eigenvalue weighted by Gasteiger charge is -2.18. The molecular formula is C11H15F2N. The maximum Gasteiger partial charge on any atom is 0.159 e. The summed E-state index contributed by atoms with van der Waals surface area (Å²) in [5.74, 6) is -1.57. The fourth-order valence-electron chi connectivity index (χ4n) is 1.40. The van der Waals surface area contributed by atoms with Gasteiger partial charge in [0.15, 0.2) is 11.6 Å². The molecule has 0 saturated carbocycles. The monoisotopic (exact) mass is 199 g/mol. The van der Waals surface area contributed by atoms with Crippen LogP contribution in [0.3, 0.4) is 0 Å². The van der Waals surface area contributed by atoms with Gasteiger partial charge in [0.05, 0.1) is 0 Å². The van der Waals surface area contributed by atoms with E-state index in [4.69, 9.17) is 5.73 Å². The van der Waals surface area contributed by atoms with Gasteiger partial charge in [0.1, 0.15) is 0 Å². The Balaban J connectivity index is 2.91. The van der Waals surface area contributed by atoms with Crippen LogP contribution in [0.2, 0.25) is 0 Å². The first-order chi connectivity index (χ1) is 6.56. The van der Waals surface area contributed by atoms with Crippen LogP contribution in [-0.2, 0) is 0 Å². The van der Waals surface area contributed by atoms with Crippen LogP contribution in [0.15, 0.2) is 18.2 Å². The molecule has 1 aromatic carbocycles. The van der Waals surface area contributed by atoms with Gasteiger partial charge in [-0.25, -0.2) is 8.78 Å². The molecule has 14 heavy (non-hydrogen) atoms. The molecule has 0 radical (unpaired) electrons. The summed E-state index contributed by atoms with van der Waals surface area (Å²) in [4.78, 5) is 0. The normalized spacial score (nSPS) is 15.2. The van der Waals surface area contributed by atoms with E-state index in [0.29, 0.717) is 0 Å². The van der Waals surface area contributed by atoms with Crippen molar-refractivity contribution in [3.8, 4) is 0 Å². The van der Waals surface area contributed by atoms with Gasteiger partial charge >= 0.3 is 0 Å². The lowest BCUT2D eigenvalue weighted by Crippen LogP contribution is -2.25. The fourth-order valence-corrected chi connectivity index (χ4v) is 1.40. The van der Waals surface area contributed by atoms with Crippen molar-refractivity contribution >= 4 is 0 Å². The number of benzene rings is 1. The Labute approximate surface area is 82.9 Å². The Morgan fingerprint density at radius 2 is 1.93 bits per heavy atom. The van der Waals surface area contributed by atoms with E-state index >= 15 is 0 Å². The Morgan fingerprint density at radius 1 is 1.29 bits per heavy atom. The molecule has 0 saturated heterocycles. The summed E-state index contributed by atoms with van der Waals surface area (Å²) < 4.78 is 25.5. The highest BCUT2D eigenvalue weighted by Crippen LogP contribution is 2.21. The number of halogens is 2. The summed E-state index contributed by atoms with van der Waals surface area (Å²) in [7, 11) is 0. The predicted octanol–water partition coefficient (Wildman–Crippen LogP) is 2.81. The van der Waals surface area contributed by atoms with Crippen molar-refractivity contribution < 1.29 is 8.78 Å². The minimum atomic E-state index is -0.814. The molecule has 0 amide bonds. The molecule has 0 bridgehead atoms. The van der Waals surface area contributed by atoms with E-state index in [-0.39, 0.29) is 12.0 Å². The van der Waals surface area contributed by atoms with Gasteiger partial charge < -0.3 is 5.73 Å².